The molecule has 120 valence electrons. The Balaban J connectivity index is 1.80. The van der Waals surface area contributed by atoms with Crippen molar-refractivity contribution in [2.24, 2.45) is 4.40 Å². The van der Waals surface area contributed by atoms with Gasteiger partial charge in [-0.05, 0) is 24.3 Å². The Morgan fingerprint density at radius 3 is 2.78 bits per heavy atom. The fourth-order valence-corrected chi connectivity index (χ4v) is 3.09. The molecule has 9 heteroatoms. The quantitative estimate of drug-likeness (QED) is 0.883. The summed E-state index contributed by atoms with van der Waals surface area (Å²) in [4.78, 5) is 13.7. The summed E-state index contributed by atoms with van der Waals surface area (Å²) in [6, 6.07) is 2.82. The van der Waals surface area contributed by atoms with Gasteiger partial charge in [-0.2, -0.15) is 0 Å². The second-order valence-corrected chi connectivity index (χ2v) is 6.68. The van der Waals surface area contributed by atoms with Crippen LogP contribution in [0.25, 0.3) is 0 Å². The van der Waals surface area contributed by atoms with Crippen molar-refractivity contribution < 1.29 is 22.0 Å². The third kappa shape index (κ3) is 3.29. The van der Waals surface area contributed by atoms with E-state index in [0.717, 1.165) is 12.1 Å². The van der Waals surface area contributed by atoms with Crippen molar-refractivity contribution >= 4 is 27.5 Å². The molecule has 0 saturated carbocycles. The zero-order valence-electron chi connectivity index (χ0n) is 11.7. The molecule has 2 aliphatic heterocycles. The highest BCUT2D eigenvalue weighted by atomic mass is 32.2. The largest absolute Gasteiger partial charge is 0.330 e. The van der Waals surface area contributed by atoms with Crippen molar-refractivity contribution in [2.45, 2.75) is 0 Å². The van der Waals surface area contributed by atoms with Gasteiger partial charge < -0.3 is 10.2 Å². The molecule has 23 heavy (non-hydrogen) atoms. The monoisotopic (exact) mass is 339 g/mol. The number of sulfonamides is 1. The second kappa shape index (κ2) is 5.58. The maximum absolute atomic E-state index is 13.5. The van der Waals surface area contributed by atoms with Gasteiger partial charge in [-0.25, -0.2) is 17.2 Å². The fraction of sp³-hybridized carbons (Fsp3) is 0.143. The topological polar surface area (TPSA) is 78.8 Å². The van der Waals surface area contributed by atoms with E-state index in [0.29, 0.717) is 6.07 Å². The maximum atomic E-state index is 13.5. The van der Waals surface area contributed by atoms with E-state index in [2.05, 4.69) is 9.71 Å². The molecule has 0 unspecified atom stereocenters. The maximum Gasteiger partial charge on any atom is 0.257 e. The summed E-state index contributed by atoms with van der Waals surface area (Å²) in [5.41, 5.74) is 0.0540. The van der Waals surface area contributed by atoms with Crippen LogP contribution in [0.2, 0.25) is 0 Å². The van der Waals surface area contributed by atoms with Gasteiger partial charge in [0.15, 0.2) is 0 Å². The summed E-state index contributed by atoms with van der Waals surface area (Å²) in [6.45, 7) is 0.174. The highest BCUT2D eigenvalue weighted by Gasteiger charge is 2.25. The molecule has 0 atom stereocenters. The summed E-state index contributed by atoms with van der Waals surface area (Å²) < 4.78 is 52.8. The van der Waals surface area contributed by atoms with Gasteiger partial charge in [-0.15, -0.1) is 4.40 Å². The van der Waals surface area contributed by atoms with E-state index < -0.39 is 27.6 Å². The molecule has 0 bridgehead atoms. The van der Waals surface area contributed by atoms with E-state index in [4.69, 9.17) is 0 Å². The minimum Gasteiger partial charge on any atom is -0.330 e. The second-order valence-electron chi connectivity index (χ2n) is 4.92. The van der Waals surface area contributed by atoms with Crippen LogP contribution in [-0.4, -0.2) is 37.4 Å². The van der Waals surface area contributed by atoms with Crippen LogP contribution in [0, 0.1) is 11.6 Å². The minimum atomic E-state index is -3.47. The van der Waals surface area contributed by atoms with Crippen molar-refractivity contribution in [1.29, 1.82) is 0 Å². The lowest BCUT2D eigenvalue weighted by Crippen LogP contribution is -2.37. The van der Waals surface area contributed by atoms with E-state index in [1.165, 1.54) is 23.3 Å². The summed E-state index contributed by atoms with van der Waals surface area (Å²) >= 11 is 0. The number of amidine groups is 1. The number of hydrogen-bond acceptors (Lipinski definition) is 4. The number of anilines is 1. The van der Waals surface area contributed by atoms with Crippen LogP contribution < -0.4 is 5.32 Å². The Bertz CT molecular complexity index is 875. The summed E-state index contributed by atoms with van der Waals surface area (Å²) in [7, 11) is -3.47. The summed E-state index contributed by atoms with van der Waals surface area (Å²) in [5.74, 6) is -2.15. The van der Waals surface area contributed by atoms with Gasteiger partial charge in [0.05, 0.1) is 17.0 Å². The first-order valence-corrected chi connectivity index (χ1v) is 8.20. The molecule has 1 aromatic carbocycles. The van der Waals surface area contributed by atoms with E-state index >= 15 is 0 Å². The molecule has 3 rings (SSSR count). The van der Waals surface area contributed by atoms with Crippen molar-refractivity contribution in [2.75, 3.05) is 17.6 Å². The average Bonchev–Trinajstić information content (AvgIpc) is 2.48. The lowest BCUT2D eigenvalue weighted by atomic mass is 10.1. The fourth-order valence-electron chi connectivity index (χ4n) is 2.12. The average molecular weight is 339 g/mol. The number of nitrogens with one attached hydrogen (secondary N) is 1. The summed E-state index contributed by atoms with van der Waals surface area (Å²) in [5, 5.41) is 2.33. The highest BCUT2D eigenvalue weighted by molar-refractivity contribution is 7.90. The Morgan fingerprint density at radius 1 is 1.26 bits per heavy atom. The third-order valence-corrected chi connectivity index (χ3v) is 4.43. The van der Waals surface area contributed by atoms with Gasteiger partial charge in [0.1, 0.15) is 17.5 Å². The van der Waals surface area contributed by atoms with Crippen LogP contribution >= 0.6 is 0 Å². The van der Waals surface area contributed by atoms with Crippen molar-refractivity contribution in [1.82, 2.24) is 4.90 Å². The number of benzene rings is 1. The Kier molecular flexibility index (Phi) is 3.72. The van der Waals surface area contributed by atoms with Crippen molar-refractivity contribution in [3.8, 4) is 0 Å². The van der Waals surface area contributed by atoms with Crippen molar-refractivity contribution in [3.05, 3.63) is 53.8 Å². The molecule has 2 heterocycles. The van der Waals surface area contributed by atoms with Gasteiger partial charge in [0.2, 0.25) is 0 Å². The molecule has 6 nitrogen and oxygen atoms in total. The SMILES string of the molecule is O=C(Nc1ccc(F)cc1F)C1=CN2CCS(=O)(=O)N=C2C=C1. The first-order chi connectivity index (χ1) is 10.8. The standard InChI is InChI=1S/C14H11F2N3O3S/c15-10-2-3-12(11(16)7-10)17-14(20)9-1-4-13-18-23(21,22)6-5-19(13)8-9/h1-4,7-8H,5-6H2,(H,17,20). The predicted molar refractivity (Wildman–Crippen MR) is 80.1 cm³/mol. The number of carbonyl (C=O) groups excluding carboxylic acids is 1. The molecule has 0 saturated heterocycles. The molecule has 0 aromatic heterocycles. The minimum absolute atomic E-state index is 0.147. The third-order valence-electron chi connectivity index (χ3n) is 3.27. The molecular weight excluding hydrogens is 328 g/mol. The number of fused-ring (bicyclic) bond motifs is 1. The first kappa shape index (κ1) is 15.3. The molecule has 1 N–H and O–H groups in total. The number of halogens is 2. The first-order valence-electron chi connectivity index (χ1n) is 6.60. The van der Waals surface area contributed by atoms with Gasteiger partial charge in [-0.3, -0.25) is 4.79 Å². The Hall–Kier alpha value is -2.55. The zero-order valence-corrected chi connectivity index (χ0v) is 12.5. The lowest BCUT2D eigenvalue weighted by molar-refractivity contribution is -0.112. The molecule has 1 amide bonds. The molecule has 0 aliphatic carbocycles. The van der Waals surface area contributed by atoms with E-state index in [1.807, 2.05) is 0 Å². The molecule has 2 aliphatic rings. The smallest absolute Gasteiger partial charge is 0.257 e. The van der Waals surface area contributed by atoms with Gasteiger partial charge in [0, 0.05) is 18.8 Å². The molecule has 0 radical (unpaired) electrons. The molecule has 0 spiro atoms. The molecule has 1 aromatic rings. The van der Waals surface area contributed by atoms with Crippen molar-refractivity contribution in [3.63, 3.8) is 0 Å². The Labute approximate surface area is 130 Å². The lowest BCUT2D eigenvalue weighted by Gasteiger charge is -2.26. The van der Waals surface area contributed by atoms with E-state index in [9.17, 15) is 22.0 Å². The van der Waals surface area contributed by atoms with Crippen LogP contribution in [0.15, 0.2) is 46.5 Å². The van der Waals surface area contributed by atoms with Crippen LogP contribution in [0.1, 0.15) is 0 Å². The number of carbonyl (C=O) groups is 1. The normalized spacial score (nSPS) is 18.8. The molecule has 0 fully saturated rings. The molecular formula is C14H11F2N3O3S. The number of hydrogen-bond donors (Lipinski definition) is 1. The van der Waals surface area contributed by atoms with E-state index in [-0.39, 0.29) is 29.4 Å². The van der Waals surface area contributed by atoms with Gasteiger partial charge in [-0.1, -0.05) is 0 Å². The summed E-state index contributed by atoms with van der Waals surface area (Å²) in [6.07, 6.45) is 4.21. The number of rotatable bonds is 2. The zero-order chi connectivity index (χ0) is 16.6. The van der Waals surface area contributed by atoms with E-state index in [1.54, 1.807) is 0 Å². The van der Waals surface area contributed by atoms with Crippen LogP contribution in [0.3, 0.4) is 0 Å². The Morgan fingerprint density at radius 2 is 2.04 bits per heavy atom. The number of nitrogens with zero attached hydrogens (tertiary/aromatic N) is 2. The highest BCUT2D eigenvalue weighted by Crippen LogP contribution is 2.19. The van der Waals surface area contributed by atoms with Crippen LogP contribution in [-0.2, 0) is 14.8 Å². The van der Waals surface area contributed by atoms with Crippen LogP contribution in [0.5, 0.6) is 0 Å². The van der Waals surface area contributed by atoms with Gasteiger partial charge >= 0.3 is 0 Å². The van der Waals surface area contributed by atoms with Crippen LogP contribution in [0.4, 0.5) is 14.5 Å². The van der Waals surface area contributed by atoms with Gasteiger partial charge in [0.25, 0.3) is 15.9 Å². The number of amides is 1. The predicted octanol–water partition coefficient (Wildman–Crippen LogP) is 1.40.